The lowest BCUT2D eigenvalue weighted by molar-refractivity contribution is -0.0136. The molecule has 1 saturated heterocycles. The summed E-state index contributed by atoms with van der Waals surface area (Å²) in [6, 6.07) is 5.00. The molecule has 0 unspecified atom stereocenters. The standard InChI is InChI=1S/C22H24BrFN4O3/c1-11(2)28-12(3)19(23)21(30)14-5-4-13(8-17(14)28)20-15(24)9-25-22(27-20)26-16-6-7-31-10-18(16)29/h4-5,8-9,11,16,18,29H,6-7,10H2,1-3H3,(H,25,26,27)/t16-,18-/m1/s1. The van der Waals surface area contributed by atoms with Gasteiger partial charge in [0.15, 0.2) is 5.82 Å². The Kier molecular flexibility index (Phi) is 6.09. The number of rotatable bonds is 4. The topological polar surface area (TPSA) is 89.3 Å². The van der Waals surface area contributed by atoms with E-state index in [0.717, 1.165) is 11.9 Å². The summed E-state index contributed by atoms with van der Waals surface area (Å²) in [5.41, 5.74) is 2.09. The molecule has 2 atom stereocenters. The molecule has 1 fully saturated rings. The van der Waals surface area contributed by atoms with Crippen molar-refractivity contribution < 1.29 is 14.2 Å². The summed E-state index contributed by atoms with van der Waals surface area (Å²) in [4.78, 5) is 21.1. The number of hydrogen-bond acceptors (Lipinski definition) is 6. The SMILES string of the molecule is Cc1c(Br)c(=O)c2ccc(-c3nc(N[C@@H]4CCOC[C@H]4O)ncc3F)cc2n1C(C)C. The van der Waals surface area contributed by atoms with E-state index in [9.17, 15) is 14.3 Å². The van der Waals surface area contributed by atoms with Crippen molar-refractivity contribution >= 4 is 32.8 Å². The van der Waals surface area contributed by atoms with Gasteiger partial charge in [0.25, 0.3) is 0 Å². The van der Waals surface area contributed by atoms with Crippen LogP contribution >= 0.6 is 15.9 Å². The first-order chi connectivity index (χ1) is 14.8. The number of fused-ring (bicyclic) bond motifs is 1. The van der Waals surface area contributed by atoms with Crippen molar-refractivity contribution in [2.24, 2.45) is 0 Å². The van der Waals surface area contributed by atoms with Crippen molar-refractivity contribution in [1.82, 2.24) is 14.5 Å². The highest BCUT2D eigenvalue weighted by Gasteiger charge is 2.25. The van der Waals surface area contributed by atoms with E-state index in [4.69, 9.17) is 4.74 Å². The van der Waals surface area contributed by atoms with Crippen LogP contribution in [0.2, 0.25) is 0 Å². The van der Waals surface area contributed by atoms with E-state index in [-0.39, 0.29) is 35.8 Å². The molecule has 1 aliphatic rings. The summed E-state index contributed by atoms with van der Waals surface area (Å²) in [6.45, 7) is 6.70. The molecular formula is C22H24BrFN4O3. The van der Waals surface area contributed by atoms with Gasteiger partial charge in [0, 0.05) is 29.3 Å². The molecule has 4 rings (SSSR count). The molecule has 0 spiro atoms. The number of anilines is 1. The van der Waals surface area contributed by atoms with Gasteiger partial charge in [0.2, 0.25) is 11.4 Å². The highest BCUT2D eigenvalue weighted by molar-refractivity contribution is 9.10. The maximum absolute atomic E-state index is 14.7. The molecule has 7 nitrogen and oxygen atoms in total. The van der Waals surface area contributed by atoms with Crippen molar-refractivity contribution in [3.05, 3.63) is 50.6 Å². The third-order valence-corrected chi connectivity index (χ3v) is 6.49. The number of ether oxygens (including phenoxy) is 1. The van der Waals surface area contributed by atoms with E-state index >= 15 is 0 Å². The third-order valence-electron chi connectivity index (χ3n) is 5.55. The number of nitrogens with one attached hydrogen (secondary N) is 1. The van der Waals surface area contributed by atoms with E-state index < -0.39 is 11.9 Å². The Hall–Kier alpha value is -2.36. The molecule has 9 heteroatoms. The van der Waals surface area contributed by atoms with Crippen LogP contribution in [0.3, 0.4) is 0 Å². The lowest BCUT2D eigenvalue weighted by Gasteiger charge is -2.28. The van der Waals surface area contributed by atoms with E-state index in [0.29, 0.717) is 34.0 Å². The quantitative estimate of drug-likeness (QED) is 0.577. The molecule has 0 amide bonds. The number of aliphatic hydroxyl groups is 1. The van der Waals surface area contributed by atoms with Gasteiger partial charge in [-0.25, -0.2) is 14.4 Å². The maximum Gasteiger partial charge on any atom is 0.223 e. The van der Waals surface area contributed by atoms with Crippen LogP contribution in [0, 0.1) is 12.7 Å². The number of halogens is 2. The summed E-state index contributed by atoms with van der Waals surface area (Å²) in [5, 5.41) is 13.7. The van der Waals surface area contributed by atoms with Crippen molar-refractivity contribution in [2.45, 2.75) is 45.4 Å². The predicted molar refractivity (Wildman–Crippen MR) is 121 cm³/mol. The van der Waals surface area contributed by atoms with E-state index in [1.165, 1.54) is 0 Å². The monoisotopic (exact) mass is 490 g/mol. The van der Waals surface area contributed by atoms with Crippen LogP contribution in [0.1, 0.15) is 32.0 Å². The van der Waals surface area contributed by atoms with Crippen LogP contribution < -0.4 is 10.7 Å². The molecule has 0 bridgehead atoms. The van der Waals surface area contributed by atoms with Crippen molar-refractivity contribution in [2.75, 3.05) is 18.5 Å². The minimum atomic E-state index is -0.687. The summed E-state index contributed by atoms with van der Waals surface area (Å²) in [7, 11) is 0. The van der Waals surface area contributed by atoms with Gasteiger partial charge in [0.05, 0.1) is 34.9 Å². The summed E-state index contributed by atoms with van der Waals surface area (Å²) >= 11 is 3.40. The Balaban J connectivity index is 1.80. The second-order valence-corrected chi connectivity index (χ2v) is 8.79. The first-order valence-electron chi connectivity index (χ1n) is 10.2. The Morgan fingerprint density at radius 2 is 2.16 bits per heavy atom. The van der Waals surface area contributed by atoms with Crippen LogP contribution in [0.4, 0.5) is 10.3 Å². The van der Waals surface area contributed by atoms with E-state index in [2.05, 4.69) is 31.2 Å². The Morgan fingerprint density at radius 3 is 2.87 bits per heavy atom. The number of nitrogens with zero attached hydrogens (tertiary/aromatic N) is 3. The van der Waals surface area contributed by atoms with Gasteiger partial charge in [-0.15, -0.1) is 0 Å². The second-order valence-electron chi connectivity index (χ2n) is 8.00. The van der Waals surface area contributed by atoms with Gasteiger partial charge in [-0.3, -0.25) is 4.79 Å². The third kappa shape index (κ3) is 4.09. The molecule has 1 aliphatic heterocycles. The molecule has 1 aromatic carbocycles. The van der Waals surface area contributed by atoms with Gasteiger partial charge in [-0.05, 0) is 55.3 Å². The fourth-order valence-corrected chi connectivity index (χ4v) is 4.41. The van der Waals surface area contributed by atoms with Crippen molar-refractivity contribution in [3.63, 3.8) is 0 Å². The zero-order valence-corrected chi connectivity index (χ0v) is 19.1. The van der Waals surface area contributed by atoms with Gasteiger partial charge in [0.1, 0.15) is 5.69 Å². The molecule has 0 saturated carbocycles. The lowest BCUT2D eigenvalue weighted by atomic mass is 10.1. The first kappa shape index (κ1) is 21.9. The summed E-state index contributed by atoms with van der Waals surface area (Å²) in [5.74, 6) is -0.333. The number of pyridine rings is 1. The molecule has 3 heterocycles. The fourth-order valence-electron chi connectivity index (χ4n) is 4.00. The minimum Gasteiger partial charge on any atom is -0.389 e. The van der Waals surface area contributed by atoms with Crippen LogP contribution in [0.25, 0.3) is 22.2 Å². The molecule has 2 N–H and O–H groups in total. The largest absolute Gasteiger partial charge is 0.389 e. The number of aliphatic hydroxyl groups excluding tert-OH is 1. The molecule has 0 aliphatic carbocycles. The normalized spacial score (nSPS) is 19.2. The summed E-state index contributed by atoms with van der Waals surface area (Å²) in [6.07, 6.45) is 1.03. The van der Waals surface area contributed by atoms with Crippen LogP contribution in [0.5, 0.6) is 0 Å². The fraction of sp³-hybridized carbons (Fsp3) is 0.409. The molecular weight excluding hydrogens is 467 g/mol. The Labute approximate surface area is 187 Å². The molecule has 31 heavy (non-hydrogen) atoms. The number of hydrogen-bond donors (Lipinski definition) is 2. The predicted octanol–water partition coefficient (Wildman–Crippen LogP) is 3.81. The van der Waals surface area contributed by atoms with Crippen molar-refractivity contribution in [1.29, 1.82) is 0 Å². The van der Waals surface area contributed by atoms with Crippen LogP contribution in [-0.4, -0.2) is 45.0 Å². The zero-order valence-electron chi connectivity index (χ0n) is 17.5. The molecule has 2 aromatic heterocycles. The zero-order chi connectivity index (χ0) is 22.3. The minimum absolute atomic E-state index is 0.0946. The molecule has 164 valence electrons. The smallest absolute Gasteiger partial charge is 0.223 e. The highest BCUT2D eigenvalue weighted by Crippen LogP contribution is 2.29. The number of aromatic nitrogens is 3. The average molecular weight is 491 g/mol. The van der Waals surface area contributed by atoms with Crippen molar-refractivity contribution in [3.8, 4) is 11.3 Å². The van der Waals surface area contributed by atoms with Crippen LogP contribution in [-0.2, 0) is 4.74 Å². The molecule has 3 aromatic rings. The van der Waals surface area contributed by atoms with E-state index in [1.54, 1.807) is 18.2 Å². The van der Waals surface area contributed by atoms with Gasteiger partial charge < -0.3 is 19.7 Å². The van der Waals surface area contributed by atoms with Crippen LogP contribution in [0.15, 0.2) is 33.7 Å². The summed E-state index contributed by atoms with van der Waals surface area (Å²) < 4.78 is 22.5. The lowest BCUT2D eigenvalue weighted by Crippen LogP contribution is -2.42. The van der Waals surface area contributed by atoms with E-state index in [1.807, 2.05) is 25.3 Å². The van der Waals surface area contributed by atoms with Gasteiger partial charge in [-0.2, -0.15) is 0 Å². The number of benzene rings is 1. The Morgan fingerprint density at radius 1 is 1.39 bits per heavy atom. The first-order valence-corrected chi connectivity index (χ1v) is 11.0. The molecule has 0 radical (unpaired) electrons. The van der Waals surface area contributed by atoms with Gasteiger partial charge >= 0.3 is 0 Å². The maximum atomic E-state index is 14.7. The Bertz CT molecular complexity index is 1200. The average Bonchev–Trinajstić information content (AvgIpc) is 2.74. The highest BCUT2D eigenvalue weighted by atomic mass is 79.9. The second kappa shape index (κ2) is 8.64. The van der Waals surface area contributed by atoms with Gasteiger partial charge in [-0.1, -0.05) is 6.07 Å².